The van der Waals surface area contributed by atoms with Gasteiger partial charge in [-0.05, 0) is 31.5 Å². The number of benzene rings is 1. The van der Waals surface area contributed by atoms with Crippen molar-refractivity contribution in [3.8, 4) is 0 Å². The van der Waals surface area contributed by atoms with Crippen LogP contribution in [0.4, 0.5) is 10.1 Å². The Balaban J connectivity index is 1.91. The molecule has 1 saturated heterocycles. The second kappa shape index (κ2) is 6.41. The highest BCUT2D eigenvalue weighted by atomic mass is 35.5. The van der Waals surface area contributed by atoms with Crippen LogP contribution >= 0.6 is 11.6 Å². The van der Waals surface area contributed by atoms with Gasteiger partial charge >= 0.3 is 0 Å². The van der Waals surface area contributed by atoms with Crippen LogP contribution in [0.15, 0.2) is 18.2 Å². The van der Waals surface area contributed by atoms with E-state index >= 15 is 0 Å². The Morgan fingerprint density at radius 3 is 3.05 bits per heavy atom. The maximum absolute atomic E-state index is 13.4. The van der Waals surface area contributed by atoms with E-state index in [0.29, 0.717) is 13.0 Å². The van der Waals surface area contributed by atoms with Crippen molar-refractivity contribution >= 4 is 23.2 Å². The fourth-order valence-electron chi connectivity index (χ4n) is 2.37. The Hall–Kier alpha value is -1.33. The Labute approximate surface area is 123 Å². The molecule has 1 heterocycles. The summed E-state index contributed by atoms with van der Waals surface area (Å²) in [6.45, 7) is 3.26. The summed E-state index contributed by atoms with van der Waals surface area (Å²) >= 11 is 5.67. The maximum Gasteiger partial charge on any atom is 0.221 e. The first kappa shape index (κ1) is 15.1. The molecule has 0 radical (unpaired) electrons. The second-order valence-electron chi connectivity index (χ2n) is 5.28. The number of carbonyl (C=O) groups excluding carboxylic acids is 1. The number of nitrogens with one attached hydrogen (secondary N) is 1. The summed E-state index contributed by atoms with van der Waals surface area (Å²) in [5, 5.41) is 3.08. The molecule has 2 rings (SSSR count). The van der Waals surface area contributed by atoms with Crippen LogP contribution in [0.3, 0.4) is 0 Å². The zero-order valence-electron chi connectivity index (χ0n) is 11.4. The van der Waals surface area contributed by atoms with Gasteiger partial charge in [-0.25, -0.2) is 4.39 Å². The van der Waals surface area contributed by atoms with Crippen molar-refractivity contribution in [3.05, 3.63) is 29.0 Å². The number of nitrogens with two attached hydrogens (primary N) is 1. The van der Waals surface area contributed by atoms with Crippen molar-refractivity contribution in [2.45, 2.75) is 31.8 Å². The average Bonchev–Trinajstić information content (AvgIpc) is 2.80. The van der Waals surface area contributed by atoms with E-state index in [1.165, 1.54) is 6.07 Å². The quantitative estimate of drug-likeness (QED) is 0.893. The monoisotopic (exact) mass is 299 g/mol. The van der Waals surface area contributed by atoms with E-state index in [0.717, 1.165) is 18.7 Å². The van der Waals surface area contributed by atoms with Crippen LogP contribution in [0.2, 0.25) is 5.02 Å². The molecule has 1 aromatic carbocycles. The standard InChI is InChI=1S/C14H19ClFN3O/c1-9(17)6-14(20)18-10-4-5-19(8-10)11-2-3-12(15)13(16)7-11/h2-3,7,9-10H,4-6,8,17H2,1H3,(H,18,20). The number of halogens is 2. The number of rotatable bonds is 4. The molecule has 2 unspecified atom stereocenters. The molecular weight excluding hydrogens is 281 g/mol. The minimum absolute atomic E-state index is 0.0332. The summed E-state index contributed by atoms with van der Waals surface area (Å²) in [6, 6.07) is 4.71. The topological polar surface area (TPSA) is 58.4 Å². The number of anilines is 1. The van der Waals surface area contributed by atoms with Crippen LogP contribution in [-0.4, -0.2) is 31.1 Å². The van der Waals surface area contributed by atoms with E-state index in [-0.39, 0.29) is 23.0 Å². The lowest BCUT2D eigenvalue weighted by atomic mass is 10.2. The molecule has 0 aliphatic carbocycles. The first-order chi connectivity index (χ1) is 9.45. The van der Waals surface area contributed by atoms with Gasteiger partial charge < -0.3 is 16.0 Å². The molecule has 1 aliphatic rings. The SMILES string of the molecule is CC(N)CC(=O)NC1CCN(c2ccc(Cl)c(F)c2)C1. The van der Waals surface area contributed by atoms with Crippen LogP contribution in [0.25, 0.3) is 0 Å². The molecule has 1 aromatic rings. The summed E-state index contributed by atoms with van der Waals surface area (Å²) in [7, 11) is 0. The number of hydrogen-bond acceptors (Lipinski definition) is 3. The molecule has 0 spiro atoms. The van der Waals surface area contributed by atoms with Gasteiger partial charge in [0.2, 0.25) is 5.91 Å². The van der Waals surface area contributed by atoms with E-state index in [2.05, 4.69) is 5.32 Å². The molecule has 6 heteroatoms. The predicted octanol–water partition coefficient (Wildman–Crippen LogP) is 1.91. The molecule has 1 amide bonds. The Morgan fingerprint density at radius 2 is 2.40 bits per heavy atom. The third-order valence-corrected chi connectivity index (χ3v) is 3.64. The molecule has 1 aliphatic heterocycles. The van der Waals surface area contributed by atoms with Crippen molar-refractivity contribution in [1.29, 1.82) is 0 Å². The Kier molecular flexibility index (Phi) is 4.83. The van der Waals surface area contributed by atoms with Crippen molar-refractivity contribution in [1.82, 2.24) is 5.32 Å². The lowest BCUT2D eigenvalue weighted by Gasteiger charge is -2.19. The average molecular weight is 300 g/mol. The number of carbonyl (C=O) groups is 1. The van der Waals surface area contributed by atoms with E-state index in [4.69, 9.17) is 17.3 Å². The van der Waals surface area contributed by atoms with Gasteiger partial charge in [-0.1, -0.05) is 11.6 Å². The molecule has 2 atom stereocenters. The molecule has 110 valence electrons. The summed E-state index contributed by atoms with van der Waals surface area (Å²) in [6.07, 6.45) is 1.17. The first-order valence-corrected chi connectivity index (χ1v) is 7.08. The number of amides is 1. The van der Waals surface area contributed by atoms with Crippen LogP contribution in [0, 0.1) is 5.82 Å². The molecular formula is C14H19ClFN3O. The number of nitrogens with zero attached hydrogens (tertiary/aromatic N) is 1. The van der Waals surface area contributed by atoms with Gasteiger partial charge in [-0.3, -0.25) is 4.79 Å². The van der Waals surface area contributed by atoms with Gasteiger partial charge in [0.05, 0.1) is 5.02 Å². The summed E-state index contributed by atoms with van der Waals surface area (Å²) in [5.74, 6) is -0.456. The molecule has 3 N–H and O–H groups in total. The van der Waals surface area contributed by atoms with Crippen LogP contribution in [-0.2, 0) is 4.79 Å². The molecule has 0 saturated carbocycles. The lowest BCUT2D eigenvalue weighted by Crippen LogP contribution is -2.39. The minimum atomic E-state index is -0.423. The molecule has 4 nitrogen and oxygen atoms in total. The van der Waals surface area contributed by atoms with Crippen molar-refractivity contribution in [3.63, 3.8) is 0 Å². The summed E-state index contributed by atoms with van der Waals surface area (Å²) in [5.41, 5.74) is 6.38. The van der Waals surface area contributed by atoms with Gasteiger partial charge in [0, 0.05) is 37.3 Å². The fraction of sp³-hybridized carbons (Fsp3) is 0.500. The van der Waals surface area contributed by atoms with Crippen molar-refractivity contribution in [2.75, 3.05) is 18.0 Å². The van der Waals surface area contributed by atoms with Gasteiger partial charge in [0.15, 0.2) is 0 Å². The number of hydrogen-bond donors (Lipinski definition) is 2. The molecule has 20 heavy (non-hydrogen) atoms. The zero-order valence-corrected chi connectivity index (χ0v) is 12.2. The van der Waals surface area contributed by atoms with Crippen molar-refractivity contribution < 1.29 is 9.18 Å². The third kappa shape index (κ3) is 3.84. The lowest BCUT2D eigenvalue weighted by molar-refractivity contribution is -0.121. The van der Waals surface area contributed by atoms with Gasteiger partial charge in [-0.2, -0.15) is 0 Å². The molecule has 0 aromatic heterocycles. The van der Waals surface area contributed by atoms with Gasteiger partial charge in [0.1, 0.15) is 5.82 Å². The molecule has 1 fully saturated rings. The van der Waals surface area contributed by atoms with Gasteiger partial charge in [0.25, 0.3) is 0 Å². The summed E-state index contributed by atoms with van der Waals surface area (Å²) < 4.78 is 13.4. The van der Waals surface area contributed by atoms with Crippen molar-refractivity contribution in [2.24, 2.45) is 5.73 Å². The highest BCUT2D eigenvalue weighted by Gasteiger charge is 2.24. The largest absolute Gasteiger partial charge is 0.369 e. The van der Waals surface area contributed by atoms with E-state index in [9.17, 15) is 9.18 Å². The fourth-order valence-corrected chi connectivity index (χ4v) is 2.49. The Morgan fingerprint density at radius 1 is 1.65 bits per heavy atom. The zero-order chi connectivity index (χ0) is 14.7. The van der Waals surface area contributed by atoms with Crippen LogP contribution in [0.1, 0.15) is 19.8 Å². The first-order valence-electron chi connectivity index (χ1n) is 6.70. The highest BCUT2D eigenvalue weighted by Crippen LogP contribution is 2.25. The highest BCUT2D eigenvalue weighted by molar-refractivity contribution is 6.30. The van der Waals surface area contributed by atoms with Crippen LogP contribution in [0.5, 0.6) is 0 Å². The van der Waals surface area contributed by atoms with E-state index in [1.54, 1.807) is 19.1 Å². The smallest absolute Gasteiger partial charge is 0.221 e. The predicted molar refractivity (Wildman–Crippen MR) is 78.4 cm³/mol. The normalized spacial score (nSPS) is 20.0. The molecule has 0 bridgehead atoms. The third-order valence-electron chi connectivity index (χ3n) is 3.33. The second-order valence-corrected chi connectivity index (χ2v) is 5.69. The minimum Gasteiger partial charge on any atom is -0.369 e. The van der Waals surface area contributed by atoms with Crippen LogP contribution < -0.4 is 16.0 Å². The Bertz CT molecular complexity index is 495. The summed E-state index contributed by atoms with van der Waals surface area (Å²) in [4.78, 5) is 13.7. The van der Waals surface area contributed by atoms with E-state index in [1.807, 2.05) is 4.90 Å². The van der Waals surface area contributed by atoms with E-state index < -0.39 is 5.82 Å². The maximum atomic E-state index is 13.4. The van der Waals surface area contributed by atoms with Gasteiger partial charge in [-0.15, -0.1) is 0 Å².